The number of rotatable bonds is 4. The van der Waals surface area contributed by atoms with Gasteiger partial charge in [-0.15, -0.1) is 0 Å². The monoisotopic (exact) mass is 323 g/mol. The number of nitrogens with zero attached hydrogens (tertiary/aromatic N) is 5. The van der Waals surface area contributed by atoms with Gasteiger partial charge in [-0.05, 0) is 6.07 Å². The van der Waals surface area contributed by atoms with Gasteiger partial charge in [0.25, 0.3) is 0 Å². The molecule has 0 bridgehead atoms. The lowest BCUT2D eigenvalue weighted by molar-refractivity contribution is -0.133. The normalized spacial score (nSPS) is 11.1. The summed E-state index contributed by atoms with van der Waals surface area (Å²) >= 11 is 7.04. The Balaban J connectivity index is 2.17. The highest BCUT2D eigenvalue weighted by Crippen LogP contribution is 2.27. The third-order valence-corrected chi connectivity index (χ3v) is 3.82. The summed E-state index contributed by atoms with van der Waals surface area (Å²) in [5.74, 6) is -0.377. The van der Waals surface area contributed by atoms with E-state index in [1.165, 1.54) is 6.20 Å². The van der Waals surface area contributed by atoms with Gasteiger partial charge in [0.15, 0.2) is 16.6 Å². The molecule has 0 aliphatic rings. The van der Waals surface area contributed by atoms with Crippen LogP contribution in [0.3, 0.4) is 0 Å². The molecule has 3 aromatic heterocycles. The lowest BCUT2D eigenvalue weighted by atomic mass is 10.4. The zero-order chi connectivity index (χ0) is 15.0. The van der Waals surface area contributed by atoms with Crippen LogP contribution >= 0.6 is 23.4 Å². The van der Waals surface area contributed by atoms with E-state index in [4.69, 9.17) is 16.7 Å². The highest BCUT2D eigenvalue weighted by Gasteiger charge is 2.17. The third kappa shape index (κ3) is 2.72. The van der Waals surface area contributed by atoms with Crippen LogP contribution in [0, 0.1) is 0 Å². The molecule has 21 heavy (non-hydrogen) atoms. The number of aromatic nitrogens is 5. The summed E-state index contributed by atoms with van der Waals surface area (Å²) in [5, 5.41) is 14.2. The molecule has 0 amide bonds. The first kappa shape index (κ1) is 13.9. The molecular weight excluding hydrogens is 314 g/mol. The molecule has 0 aliphatic heterocycles. The Morgan fingerprint density at radius 2 is 2.33 bits per heavy atom. The van der Waals surface area contributed by atoms with Gasteiger partial charge in [-0.25, -0.2) is 9.97 Å². The van der Waals surface area contributed by atoms with Gasteiger partial charge in [-0.3, -0.25) is 14.0 Å². The fourth-order valence-electron chi connectivity index (χ4n) is 1.87. The van der Waals surface area contributed by atoms with Crippen molar-refractivity contribution in [3.63, 3.8) is 0 Å². The molecule has 7 nitrogen and oxygen atoms in total. The minimum atomic E-state index is -0.911. The Bertz CT molecular complexity index is 828. The number of thioether (sulfide) groups is 1. The summed E-state index contributed by atoms with van der Waals surface area (Å²) in [7, 11) is 1.80. The van der Waals surface area contributed by atoms with Crippen molar-refractivity contribution < 1.29 is 9.90 Å². The van der Waals surface area contributed by atoms with Gasteiger partial charge in [0.05, 0.1) is 10.8 Å². The second-order valence-electron chi connectivity index (χ2n) is 4.26. The fraction of sp³-hybridized carbons (Fsp3) is 0.167. The van der Waals surface area contributed by atoms with Crippen LogP contribution in [0.25, 0.3) is 17.0 Å². The van der Waals surface area contributed by atoms with E-state index in [1.54, 1.807) is 28.6 Å². The molecule has 0 saturated carbocycles. The highest BCUT2D eigenvalue weighted by molar-refractivity contribution is 7.99. The maximum absolute atomic E-state index is 10.8. The molecule has 0 unspecified atom stereocenters. The Morgan fingerprint density at radius 3 is 3.00 bits per heavy atom. The molecule has 108 valence electrons. The number of hydrogen-bond donors (Lipinski definition) is 1. The second kappa shape index (κ2) is 5.38. The maximum Gasteiger partial charge on any atom is 0.313 e. The SMILES string of the molecule is Cn1ccc(-n2c(SCC(=O)O)nc3cc(Cl)cnc32)n1. The first-order valence-corrected chi connectivity index (χ1v) is 7.29. The van der Waals surface area contributed by atoms with Gasteiger partial charge in [-0.2, -0.15) is 5.10 Å². The van der Waals surface area contributed by atoms with Crippen LogP contribution in [0.15, 0.2) is 29.7 Å². The molecular formula is C12H10ClN5O2S. The van der Waals surface area contributed by atoms with E-state index in [-0.39, 0.29) is 5.75 Å². The lowest BCUT2D eigenvalue weighted by Crippen LogP contribution is -2.03. The summed E-state index contributed by atoms with van der Waals surface area (Å²) in [6.07, 6.45) is 3.32. The minimum absolute atomic E-state index is 0.0934. The zero-order valence-electron chi connectivity index (χ0n) is 10.9. The molecule has 1 N–H and O–H groups in total. The smallest absolute Gasteiger partial charge is 0.313 e. The van der Waals surface area contributed by atoms with E-state index < -0.39 is 5.97 Å². The number of carboxylic acid groups (broad SMARTS) is 1. The van der Waals surface area contributed by atoms with Crippen molar-refractivity contribution in [1.29, 1.82) is 0 Å². The van der Waals surface area contributed by atoms with Crippen molar-refractivity contribution >= 4 is 40.5 Å². The van der Waals surface area contributed by atoms with Gasteiger partial charge in [0.2, 0.25) is 0 Å². The molecule has 0 atom stereocenters. The number of hydrogen-bond acceptors (Lipinski definition) is 5. The van der Waals surface area contributed by atoms with E-state index in [9.17, 15) is 4.79 Å². The molecule has 0 radical (unpaired) electrons. The molecule has 3 heterocycles. The Kier molecular flexibility index (Phi) is 3.56. The van der Waals surface area contributed by atoms with Crippen molar-refractivity contribution in [2.24, 2.45) is 7.05 Å². The largest absolute Gasteiger partial charge is 0.481 e. The van der Waals surface area contributed by atoms with Crippen LogP contribution in [0.1, 0.15) is 0 Å². The Hall–Kier alpha value is -2.06. The summed E-state index contributed by atoms with van der Waals surface area (Å²) < 4.78 is 3.38. The minimum Gasteiger partial charge on any atom is -0.481 e. The zero-order valence-corrected chi connectivity index (χ0v) is 12.5. The number of aliphatic carboxylic acids is 1. The number of halogens is 1. The van der Waals surface area contributed by atoms with Crippen molar-refractivity contribution in [1.82, 2.24) is 24.3 Å². The number of carboxylic acids is 1. The van der Waals surface area contributed by atoms with E-state index >= 15 is 0 Å². The first-order valence-electron chi connectivity index (χ1n) is 5.93. The number of aryl methyl sites for hydroxylation is 1. The predicted octanol–water partition coefficient (Wildman–Crippen LogP) is 1.98. The third-order valence-electron chi connectivity index (χ3n) is 2.69. The van der Waals surface area contributed by atoms with Crippen LogP contribution in [-0.4, -0.2) is 41.1 Å². The van der Waals surface area contributed by atoms with Crippen LogP contribution in [0.2, 0.25) is 5.02 Å². The molecule has 0 spiro atoms. The summed E-state index contributed by atoms with van der Waals surface area (Å²) in [6, 6.07) is 3.50. The molecule has 3 aromatic rings. The summed E-state index contributed by atoms with van der Waals surface area (Å²) in [4.78, 5) is 19.4. The topological polar surface area (TPSA) is 85.8 Å². The molecule has 0 aromatic carbocycles. The van der Waals surface area contributed by atoms with Crippen LogP contribution in [-0.2, 0) is 11.8 Å². The van der Waals surface area contributed by atoms with Crippen LogP contribution < -0.4 is 0 Å². The molecule has 9 heteroatoms. The van der Waals surface area contributed by atoms with Crippen molar-refractivity contribution in [2.75, 3.05) is 5.75 Å². The fourth-order valence-corrected chi connectivity index (χ4v) is 2.75. The molecule has 0 fully saturated rings. The van der Waals surface area contributed by atoms with Gasteiger partial charge >= 0.3 is 5.97 Å². The quantitative estimate of drug-likeness (QED) is 0.739. The predicted molar refractivity (Wildman–Crippen MR) is 79.0 cm³/mol. The molecule has 0 saturated heterocycles. The van der Waals surface area contributed by atoms with E-state index in [0.717, 1.165) is 11.8 Å². The number of imidazole rings is 1. The Morgan fingerprint density at radius 1 is 1.52 bits per heavy atom. The van der Waals surface area contributed by atoms with Crippen molar-refractivity contribution in [2.45, 2.75) is 5.16 Å². The number of carbonyl (C=O) groups is 1. The standard InChI is InChI=1S/C12H10ClN5O2S/c1-17-3-2-9(16-17)18-11-8(4-7(13)5-14-11)15-12(18)21-6-10(19)20/h2-5H,6H2,1H3,(H,19,20). The van der Waals surface area contributed by atoms with E-state index in [2.05, 4.69) is 15.1 Å². The van der Waals surface area contributed by atoms with Gasteiger partial charge in [0, 0.05) is 25.5 Å². The second-order valence-corrected chi connectivity index (χ2v) is 5.64. The number of fused-ring (bicyclic) bond motifs is 1. The van der Waals surface area contributed by atoms with Crippen LogP contribution in [0.5, 0.6) is 0 Å². The average Bonchev–Trinajstić information content (AvgIpc) is 2.98. The van der Waals surface area contributed by atoms with E-state index in [0.29, 0.717) is 27.2 Å². The van der Waals surface area contributed by atoms with Crippen molar-refractivity contribution in [3.8, 4) is 5.82 Å². The summed E-state index contributed by atoms with van der Waals surface area (Å²) in [6.45, 7) is 0. The van der Waals surface area contributed by atoms with E-state index in [1.807, 2.05) is 6.07 Å². The lowest BCUT2D eigenvalue weighted by Gasteiger charge is -2.03. The Labute approximate surface area is 128 Å². The maximum atomic E-state index is 10.8. The highest BCUT2D eigenvalue weighted by atomic mass is 35.5. The molecule has 0 aliphatic carbocycles. The van der Waals surface area contributed by atoms with Crippen LogP contribution in [0.4, 0.5) is 0 Å². The van der Waals surface area contributed by atoms with Crippen molar-refractivity contribution in [3.05, 3.63) is 29.5 Å². The first-order chi connectivity index (χ1) is 10.0. The molecule has 3 rings (SSSR count). The van der Waals surface area contributed by atoms with Gasteiger partial charge in [-0.1, -0.05) is 23.4 Å². The average molecular weight is 324 g/mol. The summed E-state index contributed by atoms with van der Waals surface area (Å²) in [5.41, 5.74) is 1.19. The number of pyridine rings is 1. The van der Waals surface area contributed by atoms with Gasteiger partial charge in [0.1, 0.15) is 5.52 Å². The van der Waals surface area contributed by atoms with Gasteiger partial charge < -0.3 is 5.11 Å².